The summed E-state index contributed by atoms with van der Waals surface area (Å²) in [6.45, 7) is 5.00. The molecule has 0 spiro atoms. The van der Waals surface area contributed by atoms with Crippen LogP contribution in [0.3, 0.4) is 0 Å². The molecule has 0 radical (unpaired) electrons. The van der Waals surface area contributed by atoms with Crippen molar-refractivity contribution in [3.8, 4) is 5.69 Å². The minimum Gasteiger partial charge on any atom is -0.319 e. The lowest BCUT2D eigenvalue weighted by Crippen LogP contribution is -2.10. The van der Waals surface area contributed by atoms with E-state index in [1.165, 1.54) is 5.56 Å². The SMILES string of the molecule is CNCCc1cn(-c2ccc(C)c(Cl)c2)nc1C. The molecule has 0 aliphatic heterocycles. The van der Waals surface area contributed by atoms with Crippen LogP contribution in [0.5, 0.6) is 0 Å². The first-order valence-corrected chi connectivity index (χ1v) is 6.46. The molecule has 2 aromatic rings. The second-order valence-corrected chi connectivity index (χ2v) is 4.88. The molecule has 2 rings (SSSR count). The molecule has 0 bridgehead atoms. The Morgan fingerprint density at radius 1 is 1.33 bits per heavy atom. The van der Waals surface area contributed by atoms with Gasteiger partial charge < -0.3 is 5.32 Å². The molecule has 0 amide bonds. The van der Waals surface area contributed by atoms with Gasteiger partial charge in [-0.1, -0.05) is 17.7 Å². The molecule has 4 heteroatoms. The molecule has 0 unspecified atom stereocenters. The number of halogens is 1. The van der Waals surface area contributed by atoms with E-state index in [0.29, 0.717) is 0 Å². The van der Waals surface area contributed by atoms with Gasteiger partial charge in [0.2, 0.25) is 0 Å². The van der Waals surface area contributed by atoms with Gasteiger partial charge >= 0.3 is 0 Å². The molecule has 1 N–H and O–H groups in total. The van der Waals surface area contributed by atoms with Gasteiger partial charge in [-0.2, -0.15) is 5.10 Å². The van der Waals surface area contributed by atoms with Crippen LogP contribution >= 0.6 is 11.6 Å². The highest BCUT2D eigenvalue weighted by Crippen LogP contribution is 2.20. The number of aryl methyl sites for hydroxylation is 2. The number of hydrogen-bond acceptors (Lipinski definition) is 2. The van der Waals surface area contributed by atoms with Gasteiger partial charge in [0.1, 0.15) is 0 Å². The van der Waals surface area contributed by atoms with Crippen LogP contribution in [0, 0.1) is 13.8 Å². The smallest absolute Gasteiger partial charge is 0.0660 e. The summed E-state index contributed by atoms with van der Waals surface area (Å²) in [4.78, 5) is 0. The largest absolute Gasteiger partial charge is 0.319 e. The highest BCUT2D eigenvalue weighted by Gasteiger charge is 2.07. The van der Waals surface area contributed by atoms with E-state index in [-0.39, 0.29) is 0 Å². The molecule has 3 nitrogen and oxygen atoms in total. The van der Waals surface area contributed by atoms with E-state index >= 15 is 0 Å². The van der Waals surface area contributed by atoms with Gasteiger partial charge in [-0.25, -0.2) is 4.68 Å². The number of rotatable bonds is 4. The van der Waals surface area contributed by atoms with Crippen molar-refractivity contribution in [3.05, 3.63) is 46.2 Å². The van der Waals surface area contributed by atoms with Crippen molar-refractivity contribution in [1.29, 1.82) is 0 Å². The summed E-state index contributed by atoms with van der Waals surface area (Å²) < 4.78 is 1.89. The molecule has 0 fully saturated rings. The van der Waals surface area contributed by atoms with Gasteiger partial charge in [-0.15, -0.1) is 0 Å². The maximum Gasteiger partial charge on any atom is 0.0660 e. The molecule has 1 heterocycles. The molecule has 0 atom stereocenters. The van der Waals surface area contributed by atoms with Crippen molar-refractivity contribution < 1.29 is 0 Å². The monoisotopic (exact) mass is 263 g/mol. The zero-order valence-electron chi connectivity index (χ0n) is 11.0. The molecule has 1 aromatic carbocycles. The van der Waals surface area contributed by atoms with E-state index in [9.17, 15) is 0 Å². The minimum atomic E-state index is 0.775. The number of hydrogen-bond donors (Lipinski definition) is 1. The number of benzene rings is 1. The van der Waals surface area contributed by atoms with Crippen molar-refractivity contribution in [3.63, 3.8) is 0 Å². The molecule has 0 saturated heterocycles. The Kier molecular flexibility index (Phi) is 4.04. The van der Waals surface area contributed by atoms with E-state index in [4.69, 9.17) is 11.6 Å². The average molecular weight is 264 g/mol. The van der Waals surface area contributed by atoms with Crippen LogP contribution in [0.25, 0.3) is 5.69 Å². The predicted molar refractivity (Wildman–Crippen MR) is 75.7 cm³/mol. The van der Waals surface area contributed by atoms with Gasteiger partial charge in [-0.05, 0) is 57.1 Å². The Balaban J connectivity index is 2.30. The average Bonchev–Trinajstić information content (AvgIpc) is 2.72. The molecule has 96 valence electrons. The first kappa shape index (κ1) is 13.1. The Morgan fingerprint density at radius 3 is 2.78 bits per heavy atom. The Hall–Kier alpha value is -1.32. The van der Waals surface area contributed by atoms with Crippen molar-refractivity contribution >= 4 is 11.6 Å². The quantitative estimate of drug-likeness (QED) is 0.919. The molecule has 0 aliphatic carbocycles. The second-order valence-electron chi connectivity index (χ2n) is 4.47. The summed E-state index contributed by atoms with van der Waals surface area (Å²) in [6, 6.07) is 6.00. The molecular weight excluding hydrogens is 246 g/mol. The highest BCUT2D eigenvalue weighted by molar-refractivity contribution is 6.31. The van der Waals surface area contributed by atoms with Crippen LogP contribution in [0.4, 0.5) is 0 Å². The zero-order valence-corrected chi connectivity index (χ0v) is 11.8. The number of likely N-dealkylation sites (N-methyl/N-ethyl adjacent to an activating group) is 1. The summed E-state index contributed by atoms with van der Waals surface area (Å²) in [6.07, 6.45) is 3.07. The van der Waals surface area contributed by atoms with Gasteiger partial charge in [0.05, 0.1) is 11.4 Å². The molecule has 18 heavy (non-hydrogen) atoms. The van der Waals surface area contributed by atoms with Crippen LogP contribution in [-0.2, 0) is 6.42 Å². The fourth-order valence-corrected chi connectivity index (χ4v) is 2.03. The Bertz CT molecular complexity index is 546. The third kappa shape index (κ3) is 2.74. The Labute approximate surface area is 113 Å². The lowest BCUT2D eigenvalue weighted by molar-refractivity contribution is 0.788. The summed E-state index contributed by atoms with van der Waals surface area (Å²) in [7, 11) is 1.96. The topological polar surface area (TPSA) is 29.9 Å². The van der Waals surface area contributed by atoms with Gasteiger partial charge in [0.15, 0.2) is 0 Å². The van der Waals surface area contributed by atoms with E-state index < -0.39 is 0 Å². The molecule has 0 saturated carbocycles. The van der Waals surface area contributed by atoms with Gasteiger partial charge in [0.25, 0.3) is 0 Å². The number of nitrogens with one attached hydrogen (secondary N) is 1. The highest BCUT2D eigenvalue weighted by atomic mass is 35.5. The van der Waals surface area contributed by atoms with Crippen LogP contribution in [-0.4, -0.2) is 23.4 Å². The van der Waals surface area contributed by atoms with Crippen molar-refractivity contribution in [2.24, 2.45) is 0 Å². The third-order valence-electron chi connectivity index (χ3n) is 3.06. The minimum absolute atomic E-state index is 0.775. The van der Waals surface area contributed by atoms with E-state index in [2.05, 4.69) is 16.6 Å². The number of aromatic nitrogens is 2. The van der Waals surface area contributed by atoms with Crippen molar-refractivity contribution in [1.82, 2.24) is 15.1 Å². The maximum absolute atomic E-state index is 6.14. The summed E-state index contributed by atoms with van der Waals surface area (Å²) in [5.74, 6) is 0. The van der Waals surface area contributed by atoms with Crippen LogP contribution < -0.4 is 5.32 Å². The predicted octanol–water partition coefficient (Wildman–Crippen LogP) is 2.90. The standard InChI is InChI=1S/C14H18ClN3/c1-10-4-5-13(8-14(10)15)18-9-12(6-7-16-3)11(2)17-18/h4-5,8-9,16H,6-7H2,1-3H3. The second kappa shape index (κ2) is 5.55. The Morgan fingerprint density at radius 2 is 2.11 bits per heavy atom. The molecular formula is C14H18ClN3. The summed E-state index contributed by atoms with van der Waals surface area (Å²) >= 11 is 6.14. The first-order valence-electron chi connectivity index (χ1n) is 6.08. The fourth-order valence-electron chi connectivity index (χ4n) is 1.86. The normalized spacial score (nSPS) is 10.9. The van der Waals surface area contributed by atoms with Crippen LogP contribution in [0.2, 0.25) is 5.02 Å². The first-order chi connectivity index (χ1) is 8.61. The molecule has 0 aliphatic rings. The van der Waals surface area contributed by atoms with Crippen LogP contribution in [0.1, 0.15) is 16.8 Å². The van der Waals surface area contributed by atoms with Crippen molar-refractivity contribution in [2.45, 2.75) is 20.3 Å². The lowest BCUT2D eigenvalue weighted by Gasteiger charge is -2.03. The van der Waals surface area contributed by atoms with Crippen molar-refractivity contribution in [2.75, 3.05) is 13.6 Å². The summed E-state index contributed by atoms with van der Waals surface area (Å²) in [5, 5.41) is 8.46. The molecule has 1 aromatic heterocycles. The van der Waals surface area contributed by atoms with Crippen LogP contribution in [0.15, 0.2) is 24.4 Å². The summed E-state index contributed by atoms with van der Waals surface area (Å²) in [5.41, 5.74) is 4.42. The fraction of sp³-hybridized carbons (Fsp3) is 0.357. The third-order valence-corrected chi connectivity index (χ3v) is 3.47. The van der Waals surface area contributed by atoms with E-state index in [1.54, 1.807) is 0 Å². The maximum atomic E-state index is 6.14. The zero-order chi connectivity index (χ0) is 13.1. The van der Waals surface area contributed by atoms with E-state index in [0.717, 1.165) is 34.9 Å². The van der Waals surface area contributed by atoms with E-state index in [1.807, 2.05) is 43.8 Å². The van der Waals surface area contributed by atoms with Gasteiger partial charge in [-0.3, -0.25) is 0 Å². The number of nitrogens with zero attached hydrogens (tertiary/aromatic N) is 2. The lowest BCUT2D eigenvalue weighted by atomic mass is 10.2. The van der Waals surface area contributed by atoms with Gasteiger partial charge in [0, 0.05) is 11.2 Å².